The van der Waals surface area contributed by atoms with Crippen molar-refractivity contribution >= 4 is 51.3 Å². The second kappa shape index (κ2) is 12.8. The maximum atomic E-state index is 6.60. The summed E-state index contributed by atoms with van der Waals surface area (Å²) in [7, 11) is 1.46. The van der Waals surface area contributed by atoms with Gasteiger partial charge in [0.1, 0.15) is 18.0 Å². The summed E-state index contributed by atoms with van der Waals surface area (Å²) >= 11 is 11.1. The fourth-order valence-corrected chi connectivity index (χ4v) is 5.84. The van der Waals surface area contributed by atoms with Crippen molar-refractivity contribution in [2.75, 3.05) is 49.5 Å². The minimum Gasteiger partial charge on any atom is -0.353 e. The summed E-state index contributed by atoms with van der Waals surface area (Å²) in [6, 6.07) is 11.7. The standard InChI is InChI=1S/C24H33BrClN5O2S/c1-3-21-17-30(24-23(26)14-20(15-27-24)28-34-33-32-2)12-13-31(21)22-8-10-29(11-9-22)16-18-4-6-19(25)7-5-18/h4-7,14-15,21-22,28H,3,8-13,16-17H2,1-2H3/t21-/m0/s1. The van der Waals surface area contributed by atoms with Gasteiger partial charge in [-0.3, -0.25) is 9.80 Å². The fraction of sp³-hybridized carbons (Fsp3) is 0.542. The molecule has 1 aromatic heterocycles. The van der Waals surface area contributed by atoms with Gasteiger partial charge in [0, 0.05) is 42.7 Å². The predicted octanol–water partition coefficient (Wildman–Crippen LogP) is 5.62. The van der Waals surface area contributed by atoms with E-state index in [9.17, 15) is 0 Å². The minimum atomic E-state index is 0.512. The van der Waals surface area contributed by atoms with Crippen LogP contribution < -0.4 is 9.62 Å². The Morgan fingerprint density at radius 3 is 2.62 bits per heavy atom. The predicted molar refractivity (Wildman–Crippen MR) is 144 cm³/mol. The Hall–Kier alpha value is -1.07. The van der Waals surface area contributed by atoms with E-state index in [1.165, 1.54) is 25.5 Å². The third kappa shape index (κ3) is 6.78. The zero-order chi connectivity index (χ0) is 23.9. The Balaban J connectivity index is 1.30. The molecule has 0 unspecified atom stereocenters. The van der Waals surface area contributed by atoms with E-state index in [1.807, 2.05) is 6.07 Å². The second-order valence-electron chi connectivity index (χ2n) is 8.83. The van der Waals surface area contributed by atoms with Crippen LogP contribution in [-0.4, -0.2) is 66.7 Å². The van der Waals surface area contributed by atoms with Gasteiger partial charge in [-0.2, -0.15) is 0 Å². The molecule has 7 nitrogen and oxygen atoms in total. The molecule has 2 fully saturated rings. The SMILES string of the molecule is CC[C@H]1CN(c2ncc(NSOOC)cc2Cl)CCN1C1CCN(Cc2ccc(Br)cc2)CC1. The summed E-state index contributed by atoms with van der Waals surface area (Å²) in [4.78, 5) is 16.9. The normalized spacial score (nSPS) is 20.6. The lowest BCUT2D eigenvalue weighted by Crippen LogP contribution is -2.58. The summed E-state index contributed by atoms with van der Waals surface area (Å²) in [5, 5.41) is 0.646. The molecule has 186 valence electrons. The van der Waals surface area contributed by atoms with Gasteiger partial charge < -0.3 is 9.62 Å². The lowest BCUT2D eigenvalue weighted by atomic mass is 9.98. The largest absolute Gasteiger partial charge is 0.353 e. The Bertz CT molecular complexity index is 917. The van der Waals surface area contributed by atoms with Crippen LogP contribution in [0.1, 0.15) is 31.7 Å². The first kappa shape index (κ1) is 26.0. The molecule has 1 atom stereocenters. The van der Waals surface area contributed by atoms with Crippen LogP contribution in [0.4, 0.5) is 11.5 Å². The lowest BCUT2D eigenvalue weighted by molar-refractivity contribution is -0.159. The van der Waals surface area contributed by atoms with Crippen LogP contribution in [0.15, 0.2) is 41.0 Å². The van der Waals surface area contributed by atoms with Crippen LogP contribution in [0.5, 0.6) is 0 Å². The summed E-state index contributed by atoms with van der Waals surface area (Å²) in [5.41, 5.74) is 2.16. The van der Waals surface area contributed by atoms with Gasteiger partial charge in [0.2, 0.25) is 0 Å². The van der Waals surface area contributed by atoms with Crippen LogP contribution >= 0.6 is 39.8 Å². The molecule has 10 heteroatoms. The minimum absolute atomic E-state index is 0.512. The van der Waals surface area contributed by atoms with E-state index >= 15 is 0 Å². The number of halogens is 2. The average Bonchev–Trinajstić information content (AvgIpc) is 2.86. The van der Waals surface area contributed by atoms with Gasteiger partial charge in [0.05, 0.1) is 24.0 Å². The van der Waals surface area contributed by atoms with Crippen LogP contribution in [0.25, 0.3) is 0 Å². The molecule has 1 N–H and O–H groups in total. The maximum absolute atomic E-state index is 6.60. The van der Waals surface area contributed by atoms with Gasteiger partial charge in [-0.25, -0.2) is 9.87 Å². The highest BCUT2D eigenvalue weighted by Gasteiger charge is 2.33. The van der Waals surface area contributed by atoms with Gasteiger partial charge in [-0.05, 0) is 56.1 Å². The van der Waals surface area contributed by atoms with Gasteiger partial charge in [-0.1, -0.05) is 46.6 Å². The van der Waals surface area contributed by atoms with Crippen LogP contribution in [-0.2, 0) is 15.8 Å². The molecule has 4 rings (SSSR count). The third-order valence-electron chi connectivity index (χ3n) is 6.73. The lowest BCUT2D eigenvalue weighted by Gasteiger charge is -2.47. The molecule has 2 aliphatic rings. The first-order valence-corrected chi connectivity index (χ1v) is 13.7. The highest BCUT2D eigenvalue weighted by atomic mass is 79.9. The Labute approximate surface area is 220 Å². The average molecular weight is 571 g/mol. The zero-order valence-electron chi connectivity index (χ0n) is 19.8. The highest BCUT2D eigenvalue weighted by molar-refractivity contribution is 9.10. The van der Waals surface area contributed by atoms with Crippen LogP contribution in [0, 0.1) is 0 Å². The molecule has 3 heterocycles. The van der Waals surface area contributed by atoms with Gasteiger partial charge in [0.15, 0.2) is 0 Å². The van der Waals surface area contributed by atoms with Gasteiger partial charge in [-0.15, -0.1) is 4.33 Å². The highest BCUT2D eigenvalue weighted by Crippen LogP contribution is 2.31. The molecule has 0 aliphatic carbocycles. The number of piperazine rings is 1. The Morgan fingerprint density at radius 2 is 1.94 bits per heavy atom. The molecule has 0 spiro atoms. The van der Waals surface area contributed by atoms with E-state index in [1.54, 1.807) is 6.20 Å². The van der Waals surface area contributed by atoms with Crippen molar-refractivity contribution < 1.29 is 9.22 Å². The monoisotopic (exact) mass is 569 g/mol. The van der Waals surface area contributed by atoms with Crippen molar-refractivity contribution in [1.82, 2.24) is 14.8 Å². The maximum Gasteiger partial charge on any atom is 0.149 e. The topological polar surface area (TPSA) is 53.1 Å². The van der Waals surface area contributed by atoms with E-state index < -0.39 is 0 Å². The van der Waals surface area contributed by atoms with E-state index in [0.717, 1.165) is 73.9 Å². The van der Waals surface area contributed by atoms with E-state index in [-0.39, 0.29) is 0 Å². The summed E-state index contributed by atoms with van der Waals surface area (Å²) in [6.07, 6.45) is 5.36. The van der Waals surface area contributed by atoms with Gasteiger partial charge in [0.25, 0.3) is 0 Å². The number of aromatic nitrogens is 1. The summed E-state index contributed by atoms with van der Waals surface area (Å²) in [6.45, 7) is 8.59. The summed E-state index contributed by atoms with van der Waals surface area (Å²) in [5.74, 6) is 0.854. The number of nitrogens with zero attached hydrogens (tertiary/aromatic N) is 4. The molecular weight excluding hydrogens is 538 g/mol. The zero-order valence-corrected chi connectivity index (χ0v) is 22.9. The molecule has 0 saturated carbocycles. The quantitative estimate of drug-likeness (QED) is 0.137. The molecule has 34 heavy (non-hydrogen) atoms. The van der Waals surface area contributed by atoms with E-state index in [4.69, 9.17) is 15.9 Å². The van der Waals surface area contributed by atoms with Crippen LogP contribution in [0.2, 0.25) is 5.02 Å². The Kier molecular flexibility index (Phi) is 9.76. The molecule has 0 radical (unpaired) electrons. The number of pyridine rings is 1. The van der Waals surface area contributed by atoms with Crippen molar-refractivity contribution in [2.45, 2.75) is 44.8 Å². The van der Waals surface area contributed by atoms with Crippen LogP contribution in [0.3, 0.4) is 0 Å². The number of likely N-dealkylation sites (tertiary alicyclic amines) is 1. The number of hydrogen-bond donors (Lipinski definition) is 1. The van der Waals surface area contributed by atoms with Crippen molar-refractivity contribution in [2.24, 2.45) is 0 Å². The summed E-state index contributed by atoms with van der Waals surface area (Å²) < 4.78 is 8.91. The first-order chi connectivity index (χ1) is 16.6. The first-order valence-electron chi connectivity index (χ1n) is 11.8. The smallest absolute Gasteiger partial charge is 0.149 e. The van der Waals surface area contributed by atoms with Crippen molar-refractivity contribution in [1.29, 1.82) is 0 Å². The van der Waals surface area contributed by atoms with Gasteiger partial charge >= 0.3 is 0 Å². The molecule has 1 aromatic carbocycles. The number of piperidine rings is 1. The van der Waals surface area contributed by atoms with E-state index in [2.05, 4.69) is 76.4 Å². The molecular formula is C24H33BrClN5O2S. The number of rotatable bonds is 9. The molecule has 2 saturated heterocycles. The molecule has 2 aliphatic heterocycles. The van der Waals surface area contributed by atoms with Crippen molar-refractivity contribution in [3.63, 3.8) is 0 Å². The molecule has 0 bridgehead atoms. The number of nitrogens with one attached hydrogen (secondary N) is 1. The third-order valence-corrected chi connectivity index (χ3v) is 8.06. The van der Waals surface area contributed by atoms with Crippen molar-refractivity contribution in [3.8, 4) is 0 Å². The van der Waals surface area contributed by atoms with E-state index in [0.29, 0.717) is 17.1 Å². The van der Waals surface area contributed by atoms with Crippen molar-refractivity contribution in [3.05, 3.63) is 51.6 Å². The molecule has 0 amide bonds. The number of hydrogen-bond acceptors (Lipinski definition) is 8. The second-order valence-corrected chi connectivity index (χ2v) is 10.7. The Morgan fingerprint density at radius 1 is 1.18 bits per heavy atom. The molecule has 2 aromatic rings. The fourth-order valence-electron chi connectivity index (χ4n) is 4.98. The number of anilines is 2. The number of benzene rings is 1.